The van der Waals surface area contributed by atoms with Crippen LogP contribution in [0.3, 0.4) is 0 Å². The molecule has 0 heterocycles. The van der Waals surface area contributed by atoms with E-state index in [0.29, 0.717) is 0 Å². The summed E-state index contributed by atoms with van der Waals surface area (Å²) in [6, 6.07) is 9.62. The topological polar surface area (TPSA) is 29.5 Å². The van der Waals surface area contributed by atoms with E-state index < -0.39 is 8.32 Å². The Morgan fingerprint density at radius 1 is 1.10 bits per heavy atom. The van der Waals surface area contributed by atoms with Gasteiger partial charge in [-0.1, -0.05) is 26.8 Å². The molecule has 0 aliphatic rings. The first-order valence-electron chi connectivity index (χ1n) is 6.72. The molecular formula is C16H21BrO2Si. The van der Waals surface area contributed by atoms with Crippen LogP contribution in [0.5, 0.6) is 11.5 Å². The summed E-state index contributed by atoms with van der Waals surface area (Å²) in [5.74, 6) is 1.16. The molecule has 4 heteroatoms. The lowest BCUT2D eigenvalue weighted by molar-refractivity contribution is 0.473. The minimum atomic E-state index is -1.82. The SMILES string of the molecule is CC(C)(C)[Si](C)(C)Oc1ccc2c(Br)c(O)ccc2c1. The number of phenols is 1. The molecule has 108 valence electrons. The fourth-order valence-electron chi connectivity index (χ4n) is 1.77. The van der Waals surface area contributed by atoms with Gasteiger partial charge in [-0.3, -0.25) is 0 Å². The monoisotopic (exact) mass is 352 g/mol. The molecule has 0 saturated heterocycles. The van der Waals surface area contributed by atoms with Crippen LogP contribution in [-0.2, 0) is 0 Å². The van der Waals surface area contributed by atoms with Gasteiger partial charge in [0.1, 0.15) is 11.5 Å². The van der Waals surface area contributed by atoms with Crippen molar-refractivity contribution in [2.75, 3.05) is 0 Å². The number of phenolic OH excluding ortho intramolecular Hbond substituents is 1. The first kappa shape index (κ1) is 15.4. The number of halogens is 1. The number of benzene rings is 2. The lowest BCUT2D eigenvalue weighted by Crippen LogP contribution is -2.43. The minimum Gasteiger partial charge on any atom is -0.543 e. The van der Waals surface area contributed by atoms with Crippen molar-refractivity contribution in [1.82, 2.24) is 0 Å². The Balaban J connectivity index is 2.41. The van der Waals surface area contributed by atoms with E-state index in [1.54, 1.807) is 6.07 Å². The second kappa shape index (κ2) is 5.08. The summed E-state index contributed by atoms with van der Waals surface area (Å²) in [5, 5.41) is 11.9. The van der Waals surface area contributed by atoms with Crippen LogP contribution < -0.4 is 4.43 Å². The van der Waals surface area contributed by atoms with Crippen molar-refractivity contribution >= 4 is 35.0 Å². The summed E-state index contributed by atoms with van der Waals surface area (Å²) in [4.78, 5) is 0. The Morgan fingerprint density at radius 3 is 2.35 bits per heavy atom. The van der Waals surface area contributed by atoms with E-state index in [-0.39, 0.29) is 10.8 Å². The Hall–Kier alpha value is -1.00. The zero-order valence-corrected chi connectivity index (χ0v) is 15.2. The molecule has 0 saturated carbocycles. The number of rotatable bonds is 2. The van der Waals surface area contributed by atoms with Crippen LogP contribution in [0.15, 0.2) is 34.8 Å². The van der Waals surface area contributed by atoms with Gasteiger partial charge >= 0.3 is 0 Å². The van der Waals surface area contributed by atoms with Crippen molar-refractivity contribution in [3.05, 3.63) is 34.8 Å². The Kier molecular flexibility index (Phi) is 3.91. The van der Waals surface area contributed by atoms with Crippen molar-refractivity contribution in [2.45, 2.75) is 38.9 Å². The summed E-state index contributed by atoms with van der Waals surface area (Å²) >= 11 is 3.42. The molecule has 0 bridgehead atoms. The fourth-order valence-corrected chi connectivity index (χ4v) is 3.29. The van der Waals surface area contributed by atoms with Gasteiger partial charge in [0, 0.05) is 0 Å². The smallest absolute Gasteiger partial charge is 0.250 e. The van der Waals surface area contributed by atoms with Gasteiger partial charge in [0.2, 0.25) is 8.32 Å². The summed E-state index contributed by atoms with van der Waals surface area (Å²) < 4.78 is 7.04. The molecule has 0 spiro atoms. The largest absolute Gasteiger partial charge is 0.543 e. The molecule has 0 amide bonds. The lowest BCUT2D eigenvalue weighted by Gasteiger charge is -2.36. The Bertz CT molecular complexity index is 645. The molecule has 0 atom stereocenters. The van der Waals surface area contributed by atoms with Crippen LogP contribution in [0.25, 0.3) is 10.8 Å². The first-order chi connectivity index (χ1) is 9.12. The van der Waals surface area contributed by atoms with Crippen LogP contribution in [0.1, 0.15) is 20.8 Å². The zero-order valence-electron chi connectivity index (χ0n) is 12.6. The number of aromatic hydroxyl groups is 1. The maximum Gasteiger partial charge on any atom is 0.250 e. The van der Waals surface area contributed by atoms with Crippen LogP contribution in [0.2, 0.25) is 18.1 Å². The molecule has 2 aromatic carbocycles. The number of hydrogen-bond donors (Lipinski definition) is 1. The highest BCUT2D eigenvalue weighted by Crippen LogP contribution is 2.39. The molecule has 2 aromatic rings. The highest BCUT2D eigenvalue weighted by atomic mass is 79.9. The molecule has 20 heavy (non-hydrogen) atoms. The maximum atomic E-state index is 9.71. The van der Waals surface area contributed by atoms with Gasteiger partial charge in [-0.2, -0.15) is 0 Å². The summed E-state index contributed by atoms with van der Waals surface area (Å²) in [6.07, 6.45) is 0. The molecule has 2 rings (SSSR count). The van der Waals surface area contributed by atoms with Gasteiger partial charge < -0.3 is 9.53 Å². The van der Waals surface area contributed by atoms with Gasteiger partial charge in [-0.25, -0.2) is 0 Å². The van der Waals surface area contributed by atoms with Crippen molar-refractivity contribution in [1.29, 1.82) is 0 Å². The van der Waals surface area contributed by atoms with Gasteiger partial charge in [-0.15, -0.1) is 0 Å². The van der Waals surface area contributed by atoms with Crippen LogP contribution in [0, 0.1) is 0 Å². The van der Waals surface area contributed by atoms with E-state index in [1.807, 2.05) is 24.3 Å². The third-order valence-electron chi connectivity index (χ3n) is 4.08. The van der Waals surface area contributed by atoms with Crippen molar-refractivity contribution < 1.29 is 9.53 Å². The van der Waals surface area contributed by atoms with E-state index in [2.05, 4.69) is 49.8 Å². The van der Waals surface area contributed by atoms with Gasteiger partial charge in [0.15, 0.2) is 0 Å². The van der Waals surface area contributed by atoms with Crippen LogP contribution in [0.4, 0.5) is 0 Å². The van der Waals surface area contributed by atoms with Crippen LogP contribution >= 0.6 is 15.9 Å². The molecule has 0 fully saturated rings. The van der Waals surface area contributed by atoms with Crippen molar-refractivity contribution in [3.8, 4) is 11.5 Å². The standard InChI is InChI=1S/C16H21BrO2Si/c1-16(2,3)20(4,5)19-12-7-8-13-11(10-12)6-9-14(18)15(13)17/h6-10,18H,1-5H3. The molecule has 0 unspecified atom stereocenters. The molecule has 0 aliphatic heterocycles. The van der Waals surface area contributed by atoms with Gasteiger partial charge in [0.05, 0.1) is 4.47 Å². The average Bonchev–Trinajstić information content (AvgIpc) is 2.32. The third kappa shape index (κ3) is 2.86. The van der Waals surface area contributed by atoms with Crippen molar-refractivity contribution in [3.63, 3.8) is 0 Å². The molecule has 0 aliphatic carbocycles. The lowest BCUT2D eigenvalue weighted by atomic mass is 10.1. The molecular weight excluding hydrogens is 332 g/mol. The highest BCUT2D eigenvalue weighted by Gasteiger charge is 2.38. The first-order valence-corrected chi connectivity index (χ1v) is 10.4. The molecule has 0 radical (unpaired) electrons. The second-order valence-electron chi connectivity index (χ2n) is 6.64. The molecule has 2 nitrogen and oxygen atoms in total. The predicted molar refractivity (Wildman–Crippen MR) is 91.1 cm³/mol. The Morgan fingerprint density at radius 2 is 1.75 bits per heavy atom. The highest BCUT2D eigenvalue weighted by molar-refractivity contribution is 9.10. The van der Waals surface area contributed by atoms with E-state index in [4.69, 9.17) is 4.43 Å². The fraction of sp³-hybridized carbons (Fsp3) is 0.375. The third-order valence-corrected chi connectivity index (χ3v) is 9.28. The van der Waals surface area contributed by atoms with Gasteiger partial charge in [0.25, 0.3) is 0 Å². The summed E-state index contributed by atoms with van der Waals surface area (Å²) in [5.41, 5.74) is 0. The maximum absolute atomic E-state index is 9.71. The van der Waals surface area contributed by atoms with E-state index in [9.17, 15) is 5.11 Å². The predicted octanol–water partition coefficient (Wildman–Crippen LogP) is 5.69. The van der Waals surface area contributed by atoms with E-state index in [1.165, 1.54) is 0 Å². The zero-order chi connectivity index (χ0) is 15.1. The number of hydrogen-bond acceptors (Lipinski definition) is 2. The van der Waals surface area contributed by atoms with E-state index >= 15 is 0 Å². The second-order valence-corrected chi connectivity index (χ2v) is 12.2. The Labute approximate surface area is 130 Å². The average molecular weight is 353 g/mol. The molecule has 0 aromatic heterocycles. The van der Waals surface area contributed by atoms with Gasteiger partial charge in [-0.05, 0) is 69.1 Å². The van der Waals surface area contributed by atoms with E-state index in [0.717, 1.165) is 21.0 Å². The van der Waals surface area contributed by atoms with Crippen LogP contribution in [-0.4, -0.2) is 13.4 Å². The summed E-state index contributed by atoms with van der Waals surface area (Å²) in [6.45, 7) is 11.2. The van der Waals surface area contributed by atoms with Crippen molar-refractivity contribution in [2.24, 2.45) is 0 Å². The quantitative estimate of drug-likeness (QED) is 0.703. The molecule has 1 N–H and O–H groups in total. The summed E-state index contributed by atoms with van der Waals surface area (Å²) in [7, 11) is -1.82. The normalized spacial score (nSPS) is 12.7. The number of fused-ring (bicyclic) bond motifs is 1. The minimum absolute atomic E-state index is 0.178.